The average molecular weight is 427 g/mol. The monoisotopic (exact) mass is 426 g/mol. The molecule has 30 heavy (non-hydrogen) atoms. The third-order valence-corrected chi connectivity index (χ3v) is 9.44. The van der Waals surface area contributed by atoms with Crippen LogP contribution in [-0.2, 0) is 16.6 Å². The highest BCUT2D eigenvalue weighted by atomic mass is 32.2. The zero-order chi connectivity index (χ0) is 20.7. The Morgan fingerprint density at radius 1 is 1.13 bits per heavy atom. The van der Waals surface area contributed by atoms with Gasteiger partial charge in [0.1, 0.15) is 0 Å². The minimum Gasteiger partial charge on any atom is -0.347 e. The van der Waals surface area contributed by atoms with Gasteiger partial charge in [0.2, 0.25) is 10.0 Å². The predicted octanol–water partition coefficient (Wildman–Crippen LogP) is 4.40. The van der Waals surface area contributed by atoms with E-state index < -0.39 is 10.0 Å². The number of rotatable bonds is 5. The number of benzene rings is 1. The molecule has 1 aromatic carbocycles. The van der Waals surface area contributed by atoms with Crippen LogP contribution in [-0.4, -0.2) is 45.3 Å². The lowest BCUT2D eigenvalue weighted by Gasteiger charge is -2.29. The molecule has 0 amide bonds. The topological polar surface area (TPSA) is 71.0 Å². The molecule has 2 aromatic heterocycles. The Hall–Kier alpha value is -2.12. The van der Waals surface area contributed by atoms with E-state index in [0.29, 0.717) is 12.5 Å². The highest BCUT2D eigenvalue weighted by molar-refractivity contribution is 7.89. The second-order valence-corrected chi connectivity index (χ2v) is 11.2. The minimum atomic E-state index is -3.18. The number of nitrogens with zero attached hydrogens (tertiary/aromatic N) is 3. The van der Waals surface area contributed by atoms with Crippen molar-refractivity contribution < 1.29 is 8.42 Å². The van der Waals surface area contributed by atoms with E-state index in [1.807, 2.05) is 16.7 Å². The Bertz CT molecular complexity index is 1110. The molecular weight excluding hydrogens is 396 g/mol. The molecule has 3 heterocycles. The van der Waals surface area contributed by atoms with Gasteiger partial charge in [-0.15, -0.1) is 0 Å². The van der Waals surface area contributed by atoms with Crippen molar-refractivity contribution in [3.63, 3.8) is 0 Å². The Labute approximate surface area is 178 Å². The Morgan fingerprint density at radius 3 is 2.73 bits per heavy atom. The van der Waals surface area contributed by atoms with E-state index >= 15 is 0 Å². The second-order valence-electron chi connectivity index (χ2n) is 9.05. The molecule has 7 heteroatoms. The van der Waals surface area contributed by atoms with E-state index in [2.05, 4.69) is 52.2 Å². The molecule has 0 radical (unpaired) electrons. The zero-order valence-corrected chi connectivity index (χ0v) is 18.3. The summed E-state index contributed by atoms with van der Waals surface area (Å²) in [6.07, 6.45) is 11.7. The molecule has 0 bridgehead atoms. The van der Waals surface area contributed by atoms with Crippen LogP contribution in [0.3, 0.4) is 0 Å². The second kappa shape index (κ2) is 7.85. The lowest BCUT2D eigenvalue weighted by atomic mass is 10.0. The summed E-state index contributed by atoms with van der Waals surface area (Å²) in [6.45, 7) is 3.58. The number of sulfonamides is 1. The molecular formula is C23H30N4O2S. The number of fused-ring (bicyclic) bond motifs is 1. The summed E-state index contributed by atoms with van der Waals surface area (Å²) in [7, 11) is -3.18. The molecule has 2 atom stereocenters. The van der Waals surface area contributed by atoms with Crippen LogP contribution < -0.4 is 0 Å². The summed E-state index contributed by atoms with van der Waals surface area (Å²) < 4.78 is 30.5. The molecule has 5 rings (SSSR count). The first-order valence-electron chi connectivity index (χ1n) is 11.1. The molecule has 2 aliphatic rings. The largest absolute Gasteiger partial charge is 0.347 e. The van der Waals surface area contributed by atoms with Gasteiger partial charge in [0.05, 0.1) is 11.4 Å². The van der Waals surface area contributed by atoms with Crippen LogP contribution in [0.2, 0.25) is 0 Å². The van der Waals surface area contributed by atoms with Crippen LogP contribution in [0, 0.1) is 5.92 Å². The third-order valence-electron chi connectivity index (χ3n) is 6.96. The first-order valence-corrected chi connectivity index (χ1v) is 12.6. The van der Waals surface area contributed by atoms with Crippen molar-refractivity contribution >= 4 is 20.9 Å². The van der Waals surface area contributed by atoms with Gasteiger partial charge in [0.25, 0.3) is 0 Å². The molecule has 160 valence electrons. The van der Waals surface area contributed by atoms with E-state index in [1.54, 1.807) is 0 Å². The quantitative estimate of drug-likeness (QED) is 0.657. The SMILES string of the molecule is C[C@@H]1CC(Cn2ccc3cc(-c4cn[nH]c4)ccc32)CN1S(=O)(=O)C1CCCCC1. The maximum absolute atomic E-state index is 13.2. The summed E-state index contributed by atoms with van der Waals surface area (Å²) in [5, 5.41) is 7.94. The van der Waals surface area contributed by atoms with Crippen molar-refractivity contribution in [1.29, 1.82) is 0 Å². The summed E-state index contributed by atoms with van der Waals surface area (Å²) >= 11 is 0. The normalized spacial score (nSPS) is 24.0. The van der Waals surface area contributed by atoms with Crippen LogP contribution in [0.25, 0.3) is 22.0 Å². The molecule has 3 aromatic rings. The third kappa shape index (κ3) is 3.58. The van der Waals surface area contributed by atoms with E-state index in [0.717, 1.165) is 49.8 Å². The number of nitrogens with one attached hydrogen (secondary N) is 1. The highest BCUT2D eigenvalue weighted by Crippen LogP contribution is 2.34. The van der Waals surface area contributed by atoms with Crippen molar-refractivity contribution in [2.24, 2.45) is 5.92 Å². The van der Waals surface area contributed by atoms with Gasteiger partial charge in [-0.1, -0.05) is 25.3 Å². The minimum absolute atomic E-state index is 0.0939. The van der Waals surface area contributed by atoms with Gasteiger partial charge in [-0.05, 0) is 55.9 Å². The van der Waals surface area contributed by atoms with E-state index in [4.69, 9.17) is 0 Å². The maximum Gasteiger partial charge on any atom is 0.217 e. The molecule has 6 nitrogen and oxygen atoms in total. The fourth-order valence-electron chi connectivity index (χ4n) is 5.38. The number of aromatic nitrogens is 3. The van der Waals surface area contributed by atoms with E-state index in [9.17, 15) is 8.42 Å². The van der Waals surface area contributed by atoms with Gasteiger partial charge in [-0.3, -0.25) is 5.10 Å². The molecule has 1 unspecified atom stereocenters. The number of hydrogen-bond donors (Lipinski definition) is 1. The van der Waals surface area contributed by atoms with Gasteiger partial charge in [0, 0.05) is 48.0 Å². The lowest BCUT2D eigenvalue weighted by Crippen LogP contribution is -2.41. The van der Waals surface area contributed by atoms with Crippen molar-refractivity contribution in [2.75, 3.05) is 6.54 Å². The van der Waals surface area contributed by atoms with E-state index in [1.165, 1.54) is 17.3 Å². The first kappa shape index (κ1) is 19.8. The predicted molar refractivity (Wildman–Crippen MR) is 120 cm³/mol. The molecule has 1 aliphatic heterocycles. The van der Waals surface area contributed by atoms with Crippen LogP contribution in [0.1, 0.15) is 45.4 Å². The number of hydrogen-bond acceptors (Lipinski definition) is 3. The van der Waals surface area contributed by atoms with Crippen LogP contribution in [0.4, 0.5) is 0 Å². The van der Waals surface area contributed by atoms with Gasteiger partial charge >= 0.3 is 0 Å². The van der Waals surface area contributed by atoms with Gasteiger partial charge < -0.3 is 4.57 Å². The van der Waals surface area contributed by atoms with Crippen LogP contribution in [0.15, 0.2) is 42.9 Å². The molecule has 0 spiro atoms. The maximum atomic E-state index is 13.2. The Morgan fingerprint density at radius 2 is 1.97 bits per heavy atom. The fraction of sp³-hybridized carbons (Fsp3) is 0.522. The highest BCUT2D eigenvalue weighted by Gasteiger charge is 2.41. The smallest absolute Gasteiger partial charge is 0.217 e. The fourth-order valence-corrected chi connectivity index (χ4v) is 7.69. The first-order chi connectivity index (χ1) is 14.5. The summed E-state index contributed by atoms with van der Waals surface area (Å²) in [4.78, 5) is 0. The van der Waals surface area contributed by atoms with Crippen LogP contribution in [0.5, 0.6) is 0 Å². The van der Waals surface area contributed by atoms with E-state index in [-0.39, 0.29) is 11.3 Å². The number of aromatic amines is 1. The standard InChI is InChI=1S/C23H30N4O2S/c1-17-11-18(16-27(17)30(28,29)22-5-3-2-4-6-22)15-26-10-9-20-12-19(7-8-23(20)26)21-13-24-25-14-21/h7-10,12-14,17-18,22H,2-6,11,15-16H2,1H3,(H,24,25)/t17-,18?/m1/s1. The molecule has 1 saturated carbocycles. The van der Waals surface area contributed by atoms with Crippen molar-refractivity contribution in [3.05, 3.63) is 42.9 Å². The van der Waals surface area contributed by atoms with Crippen LogP contribution >= 0.6 is 0 Å². The number of H-pyrrole nitrogens is 1. The molecule has 1 saturated heterocycles. The molecule has 1 aliphatic carbocycles. The van der Waals surface area contributed by atoms with Crippen molar-refractivity contribution in [1.82, 2.24) is 19.1 Å². The summed E-state index contributed by atoms with van der Waals surface area (Å²) in [5.41, 5.74) is 3.43. The molecule has 1 N–H and O–H groups in total. The van der Waals surface area contributed by atoms with Crippen molar-refractivity contribution in [2.45, 2.75) is 63.3 Å². The average Bonchev–Trinajstić information content (AvgIpc) is 3.49. The lowest BCUT2D eigenvalue weighted by molar-refractivity contribution is 0.378. The summed E-state index contributed by atoms with van der Waals surface area (Å²) in [6, 6.07) is 8.71. The summed E-state index contributed by atoms with van der Waals surface area (Å²) in [5.74, 6) is 0.350. The molecule has 2 fully saturated rings. The zero-order valence-electron chi connectivity index (χ0n) is 17.5. The van der Waals surface area contributed by atoms with Gasteiger partial charge in [-0.25, -0.2) is 8.42 Å². The van der Waals surface area contributed by atoms with Gasteiger partial charge in [-0.2, -0.15) is 9.40 Å². The van der Waals surface area contributed by atoms with Crippen molar-refractivity contribution in [3.8, 4) is 11.1 Å². The Balaban J connectivity index is 1.32. The Kier molecular flexibility index (Phi) is 5.19. The van der Waals surface area contributed by atoms with Gasteiger partial charge in [0.15, 0.2) is 0 Å².